The van der Waals surface area contributed by atoms with Crippen LogP contribution in [0.25, 0.3) is 0 Å². The second-order valence-electron chi connectivity index (χ2n) is 5.52. The van der Waals surface area contributed by atoms with E-state index in [2.05, 4.69) is 66.2 Å². The normalized spacial score (nSPS) is 12.6. The van der Waals surface area contributed by atoms with Gasteiger partial charge in [0, 0.05) is 15.1 Å². The minimum Gasteiger partial charge on any atom is -0.392 e. The van der Waals surface area contributed by atoms with E-state index >= 15 is 0 Å². The highest BCUT2D eigenvalue weighted by molar-refractivity contribution is 9.10. The van der Waals surface area contributed by atoms with Gasteiger partial charge in [0.25, 0.3) is 0 Å². The number of aliphatic hydroxyl groups excluding tert-OH is 1. The summed E-state index contributed by atoms with van der Waals surface area (Å²) in [6.07, 6.45) is 0.394. The summed E-state index contributed by atoms with van der Waals surface area (Å²) in [5, 5.41) is 10.2. The fourth-order valence-corrected chi connectivity index (χ4v) is 3.19. The molecule has 0 fully saturated rings. The maximum absolute atomic E-state index is 10.2. The second-order valence-corrected chi connectivity index (χ2v) is 7.53. The summed E-state index contributed by atoms with van der Waals surface area (Å²) in [6, 6.07) is 16.8. The van der Waals surface area contributed by atoms with Crippen molar-refractivity contribution < 1.29 is 5.11 Å². The number of hydrogen-bond acceptors (Lipinski definition) is 2. The van der Waals surface area contributed by atoms with Crippen LogP contribution >= 0.6 is 27.7 Å². The maximum atomic E-state index is 10.2. The largest absolute Gasteiger partial charge is 0.392 e. The number of thioether (sulfide) groups is 1. The average Bonchev–Trinajstić information content (AvgIpc) is 2.47. The minimum atomic E-state index is -0.316. The third kappa shape index (κ3) is 5.50. The van der Waals surface area contributed by atoms with Crippen LogP contribution in [0.4, 0.5) is 0 Å². The SMILES string of the molecule is CC(C)c1ccc(CC(O)CSc2ccc(Br)cc2)cc1. The molecule has 0 bridgehead atoms. The van der Waals surface area contributed by atoms with Crippen LogP contribution in [0.5, 0.6) is 0 Å². The van der Waals surface area contributed by atoms with Crippen molar-refractivity contribution in [2.75, 3.05) is 5.75 Å². The zero-order valence-corrected chi connectivity index (χ0v) is 14.8. The van der Waals surface area contributed by atoms with E-state index in [1.54, 1.807) is 11.8 Å². The molecule has 3 heteroatoms. The highest BCUT2D eigenvalue weighted by Gasteiger charge is 2.07. The first-order valence-electron chi connectivity index (χ1n) is 7.20. The lowest BCUT2D eigenvalue weighted by Gasteiger charge is -2.12. The summed E-state index contributed by atoms with van der Waals surface area (Å²) in [4.78, 5) is 1.19. The molecule has 1 N–H and O–H groups in total. The fourth-order valence-electron chi connectivity index (χ4n) is 2.09. The first kappa shape index (κ1) is 16.6. The van der Waals surface area contributed by atoms with E-state index in [9.17, 15) is 5.11 Å². The molecule has 0 saturated heterocycles. The van der Waals surface area contributed by atoms with Gasteiger partial charge in [-0.1, -0.05) is 54.0 Å². The summed E-state index contributed by atoms with van der Waals surface area (Å²) in [5.41, 5.74) is 2.54. The average molecular weight is 365 g/mol. The van der Waals surface area contributed by atoms with Gasteiger partial charge >= 0.3 is 0 Å². The topological polar surface area (TPSA) is 20.2 Å². The number of benzene rings is 2. The molecular formula is C18H21BrOS. The number of halogens is 1. The molecule has 0 amide bonds. The van der Waals surface area contributed by atoms with Crippen molar-refractivity contribution in [3.63, 3.8) is 0 Å². The maximum Gasteiger partial charge on any atom is 0.0674 e. The molecule has 1 unspecified atom stereocenters. The van der Waals surface area contributed by atoms with E-state index in [1.807, 2.05) is 12.1 Å². The molecule has 2 rings (SSSR count). The van der Waals surface area contributed by atoms with Gasteiger partial charge in [0.1, 0.15) is 0 Å². The number of aliphatic hydroxyl groups is 1. The Balaban J connectivity index is 1.83. The van der Waals surface area contributed by atoms with E-state index < -0.39 is 0 Å². The molecule has 0 radical (unpaired) electrons. The summed E-state index contributed by atoms with van der Waals surface area (Å²) in [6.45, 7) is 4.39. The van der Waals surface area contributed by atoms with Gasteiger partial charge in [-0.2, -0.15) is 0 Å². The molecule has 0 aromatic heterocycles. The van der Waals surface area contributed by atoms with E-state index in [-0.39, 0.29) is 6.10 Å². The lowest BCUT2D eigenvalue weighted by atomic mass is 10.00. The number of rotatable bonds is 6. The molecule has 112 valence electrons. The van der Waals surface area contributed by atoms with Gasteiger partial charge in [-0.05, 0) is 47.7 Å². The van der Waals surface area contributed by atoms with Gasteiger partial charge in [-0.3, -0.25) is 0 Å². The Morgan fingerprint density at radius 1 is 1.00 bits per heavy atom. The summed E-state index contributed by atoms with van der Waals surface area (Å²) in [7, 11) is 0. The third-order valence-corrected chi connectivity index (χ3v) is 5.06. The van der Waals surface area contributed by atoms with Crippen molar-refractivity contribution in [3.8, 4) is 0 Å². The quantitative estimate of drug-likeness (QED) is 0.704. The Bertz CT molecular complexity index is 548. The summed E-state index contributed by atoms with van der Waals surface area (Å²) in [5.74, 6) is 1.27. The zero-order chi connectivity index (χ0) is 15.2. The van der Waals surface area contributed by atoms with Crippen LogP contribution in [0, 0.1) is 0 Å². The molecule has 0 heterocycles. The van der Waals surface area contributed by atoms with Crippen LogP contribution in [0.15, 0.2) is 57.9 Å². The summed E-state index contributed by atoms with van der Waals surface area (Å²) >= 11 is 5.12. The van der Waals surface area contributed by atoms with Crippen LogP contribution in [-0.2, 0) is 6.42 Å². The van der Waals surface area contributed by atoms with E-state index in [0.717, 1.165) is 4.47 Å². The Kier molecular flexibility index (Phi) is 6.34. The van der Waals surface area contributed by atoms with Crippen molar-refractivity contribution in [1.82, 2.24) is 0 Å². The van der Waals surface area contributed by atoms with Crippen LogP contribution in [0.1, 0.15) is 30.9 Å². The first-order valence-corrected chi connectivity index (χ1v) is 8.97. The smallest absolute Gasteiger partial charge is 0.0674 e. The Morgan fingerprint density at radius 3 is 2.19 bits per heavy atom. The molecule has 0 aliphatic carbocycles. The van der Waals surface area contributed by atoms with E-state index in [1.165, 1.54) is 16.0 Å². The standard InChI is InChI=1S/C18H21BrOS/c1-13(2)15-5-3-14(4-6-15)11-17(20)12-21-18-9-7-16(19)8-10-18/h3-10,13,17,20H,11-12H2,1-2H3. The molecule has 2 aromatic rings. The molecule has 0 aliphatic rings. The minimum absolute atomic E-state index is 0.316. The van der Waals surface area contributed by atoms with Crippen LogP contribution in [0.3, 0.4) is 0 Å². The second kappa shape index (κ2) is 8.02. The zero-order valence-electron chi connectivity index (χ0n) is 12.4. The molecule has 2 aromatic carbocycles. The Labute approximate surface area is 139 Å². The molecular weight excluding hydrogens is 344 g/mol. The van der Waals surface area contributed by atoms with Gasteiger partial charge in [0.2, 0.25) is 0 Å². The van der Waals surface area contributed by atoms with E-state index in [0.29, 0.717) is 18.1 Å². The lowest BCUT2D eigenvalue weighted by Crippen LogP contribution is -2.13. The van der Waals surface area contributed by atoms with Crippen molar-refractivity contribution in [1.29, 1.82) is 0 Å². The number of hydrogen-bond donors (Lipinski definition) is 1. The lowest BCUT2D eigenvalue weighted by molar-refractivity contribution is 0.200. The molecule has 1 nitrogen and oxygen atoms in total. The first-order chi connectivity index (χ1) is 10.0. The highest BCUT2D eigenvalue weighted by Crippen LogP contribution is 2.22. The Morgan fingerprint density at radius 2 is 1.62 bits per heavy atom. The third-order valence-electron chi connectivity index (χ3n) is 3.37. The van der Waals surface area contributed by atoms with Crippen molar-refractivity contribution in [2.45, 2.75) is 37.2 Å². The van der Waals surface area contributed by atoms with E-state index in [4.69, 9.17) is 0 Å². The fraction of sp³-hybridized carbons (Fsp3) is 0.333. The van der Waals surface area contributed by atoms with Crippen LogP contribution in [-0.4, -0.2) is 17.0 Å². The molecule has 0 spiro atoms. The molecule has 1 atom stereocenters. The predicted octanol–water partition coefficient (Wildman–Crippen LogP) is 5.27. The molecule has 0 saturated carbocycles. The molecule has 0 aliphatic heterocycles. The van der Waals surface area contributed by atoms with Crippen molar-refractivity contribution in [3.05, 3.63) is 64.1 Å². The van der Waals surface area contributed by atoms with Gasteiger partial charge < -0.3 is 5.11 Å². The van der Waals surface area contributed by atoms with Gasteiger partial charge in [0.05, 0.1) is 6.10 Å². The van der Waals surface area contributed by atoms with Crippen molar-refractivity contribution >= 4 is 27.7 Å². The van der Waals surface area contributed by atoms with Crippen molar-refractivity contribution in [2.24, 2.45) is 0 Å². The van der Waals surface area contributed by atoms with Crippen LogP contribution < -0.4 is 0 Å². The monoisotopic (exact) mass is 364 g/mol. The summed E-state index contributed by atoms with van der Waals surface area (Å²) < 4.78 is 1.08. The Hall–Kier alpha value is -0.770. The van der Waals surface area contributed by atoms with Gasteiger partial charge in [-0.15, -0.1) is 11.8 Å². The molecule has 21 heavy (non-hydrogen) atoms. The van der Waals surface area contributed by atoms with Gasteiger partial charge in [-0.25, -0.2) is 0 Å². The predicted molar refractivity (Wildman–Crippen MR) is 95.1 cm³/mol. The van der Waals surface area contributed by atoms with Crippen LogP contribution in [0.2, 0.25) is 0 Å². The highest BCUT2D eigenvalue weighted by atomic mass is 79.9. The van der Waals surface area contributed by atoms with Gasteiger partial charge in [0.15, 0.2) is 0 Å².